The molecule has 2 N–H and O–H groups in total. The van der Waals surface area contributed by atoms with Gasteiger partial charge in [-0.15, -0.1) is 0 Å². The van der Waals surface area contributed by atoms with Gasteiger partial charge in [-0.25, -0.2) is 13.4 Å². The minimum Gasteiger partial charge on any atom is -0.323 e. The van der Waals surface area contributed by atoms with E-state index in [2.05, 4.69) is 15.6 Å². The van der Waals surface area contributed by atoms with E-state index in [1.807, 2.05) is 6.92 Å². The number of hydrogen-bond donors (Lipinski definition) is 2. The molecule has 110 valence electrons. The number of piperidine rings is 1. The molecule has 2 unspecified atom stereocenters. The Bertz CT molecular complexity index is 583. The summed E-state index contributed by atoms with van der Waals surface area (Å²) in [6.45, 7) is 2.88. The minimum absolute atomic E-state index is 0.000316. The van der Waals surface area contributed by atoms with Gasteiger partial charge in [0.2, 0.25) is 5.91 Å². The van der Waals surface area contributed by atoms with E-state index in [4.69, 9.17) is 0 Å². The summed E-state index contributed by atoms with van der Waals surface area (Å²) in [5.74, 6) is 0.179. The fourth-order valence-corrected chi connectivity index (χ4v) is 2.85. The van der Waals surface area contributed by atoms with Gasteiger partial charge in [0, 0.05) is 6.26 Å². The van der Waals surface area contributed by atoms with Crippen LogP contribution in [-0.4, -0.2) is 38.2 Å². The quantitative estimate of drug-likeness (QED) is 0.862. The molecule has 20 heavy (non-hydrogen) atoms. The minimum atomic E-state index is -3.31. The first kappa shape index (κ1) is 14.9. The normalized spacial score (nSPS) is 23.3. The van der Waals surface area contributed by atoms with Crippen molar-refractivity contribution >= 4 is 21.4 Å². The van der Waals surface area contributed by atoms with Crippen LogP contribution in [0.4, 0.5) is 5.69 Å². The summed E-state index contributed by atoms with van der Waals surface area (Å²) >= 11 is 0. The zero-order valence-electron chi connectivity index (χ0n) is 11.6. The molecule has 6 nitrogen and oxygen atoms in total. The Hall–Kier alpha value is -1.47. The van der Waals surface area contributed by atoms with Crippen LogP contribution in [0.5, 0.6) is 0 Å². The van der Waals surface area contributed by atoms with Crippen LogP contribution in [0.2, 0.25) is 0 Å². The molecular weight excluding hydrogens is 278 g/mol. The molecule has 2 atom stereocenters. The van der Waals surface area contributed by atoms with Gasteiger partial charge < -0.3 is 10.6 Å². The number of sulfone groups is 1. The van der Waals surface area contributed by atoms with Crippen molar-refractivity contribution in [1.82, 2.24) is 10.3 Å². The molecule has 0 spiro atoms. The molecule has 0 saturated carbocycles. The molecule has 7 heteroatoms. The van der Waals surface area contributed by atoms with Gasteiger partial charge in [-0.1, -0.05) is 6.92 Å². The van der Waals surface area contributed by atoms with Crippen molar-refractivity contribution < 1.29 is 13.2 Å². The van der Waals surface area contributed by atoms with Crippen LogP contribution >= 0.6 is 0 Å². The second-order valence-electron chi connectivity index (χ2n) is 5.20. The Balaban J connectivity index is 2.04. The number of nitrogens with zero attached hydrogens (tertiary/aromatic N) is 1. The van der Waals surface area contributed by atoms with Crippen molar-refractivity contribution in [3.63, 3.8) is 0 Å². The van der Waals surface area contributed by atoms with Crippen molar-refractivity contribution in [3.8, 4) is 0 Å². The predicted octanol–water partition coefficient (Wildman–Crippen LogP) is 0.812. The average Bonchev–Trinajstić information content (AvgIpc) is 2.38. The lowest BCUT2D eigenvalue weighted by atomic mass is 9.92. The molecule has 1 saturated heterocycles. The maximum absolute atomic E-state index is 12.1. The van der Waals surface area contributed by atoms with Gasteiger partial charge in [-0.3, -0.25) is 4.79 Å². The number of carbonyl (C=O) groups excluding carboxylic acids is 1. The van der Waals surface area contributed by atoms with Crippen LogP contribution in [0, 0.1) is 5.92 Å². The molecule has 1 amide bonds. The second kappa shape index (κ2) is 5.88. The summed E-state index contributed by atoms with van der Waals surface area (Å²) in [5.41, 5.74) is 0.502. The van der Waals surface area contributed by atoms with Crippen LogP contribution in [0.25, 0.3) is 0 Å². The lowest BCUT2D eigenvalue weighted by Crippen LogP contribution is -2.48. The Morgan fingerprint density at radius 3 is 2.75 bits per heavy atom. The molecule has 1 aromatic heterocycles. The number of anilines is 1. The molecule has 1 aliphatic rings. The lowest BCUT2D eigenvalue weighted by molar-refractivity contribution is -0.119. The third kappa shape index (κ3) is 3.55. The highest BCUT2D eigenvalue weighted by molar-refractivity contribution is 7.90. The zero-order valence-corrected chi connectivity index (χ0v) is 12.4. The maximum atomic E-state index is 12.1. The highest BCUT2D eigenvalue weighted by atomic mass is 32.2. The summed E-state index contributed by atoms with van der Waals surface area (Å²) < 4.78 is 22.6. The van der Waals surface area contributed by atoms with Crippen molar-refractivity contribution in [2.45, 2.75) is 30.8 Å². The first-order valence-electron chi connectivity index (χ1n) is 6.58. The summed E-state index contributed by atoms with van der Waals surface area (Å²) in [7, 11) is -3.31. The number of hydrogen-bond acceptors (Lipinski definition) is 5. The maximum Gasteiger partial charge on any atom is 0.241 e. The van der Waals surface area contributed by atoms with E-state index in [1.54, 1.807) is 6.07 Å². The highest BCUT2D eigenvalue weighted by Gasteiger charge is 2.27. The van der Waals surface area contributed by atoms with Crippen molar-refractivity contribution in [2.24, 2.45) is 5.92 Å². The summed E-state index contributed by atoms with van der Waals surface area (Å²) in [6, 6.07) is 2.73. The van der Waals surface area contributed by atoms with Gasteiger partial charge in [-0.05, 0) is 37.4 Å². The molecule has 1 aliphatic heterocycles. The topological polar surface area (TPSA) is 88.2 Å². The molecule has 0 aliphatic carbocycles. The monoisotopic (exact) mass is 297 g/mol. The van der Waals surface area contributed by atoms with Crippen LogP contribution in [-0.2, 0) is 14.6 Å². The van der Waals surface area contributed by atoms with Gasteiger partial charge in [0.15, 0.2) is 14.9 Å². The average molecular weight is 297 g/mol. The van der Waals surface area contributed by atoms with E-state index in [1.165, 1.54) is 12.3 Å². The van der Waals surface area contributed by atoms with E-state index in [0.717, 1.165) is 25.6 Å². The van der Waals surface area contributed by atoms with E-state index >= 15 is 0 Å². The molecule has 2 heterocycles. The fourth-order valence-electron chi connectivity index (χ4n) is 2.29. The number of pyridine rings is 1. The van der Waals surface area contributed by atoms with Gasteiger partial charge >= 0.3 is 0 Å². The number of aromatic nitrogens is 1. The predicted molar refractivity (Wildman–Crippen MR) is 76.2 cm³/mol. The largest absolute Gasteiger partial charge is 0.323 e. The van der Waals surface area contributed by atoms with Gasteiger partial charge in [0.1, 0.15) is 0 Å². The Morgan fingerprint density at radius 2 is 2.20 bits per heavy atom. The summed E-state index contributed by atoms with van der Waals surface area (Å²) in [4.78, 5) is 16.0. The summed E-state index contributed by atoms with van der Waals surface area (Å²) in [6.07, 6.45) is 4.56. The fraction of sp³-hybridized carbons (Fsp3) is 0.538. The van der Waals surface area contributed by atoms with Gasteiger partial charge in [0.25, 0.3) is 0 Å². The summed E-state index contributed by atoms with van der Waals surface area (Å²) in [5, 5.41) is 5.96. The number of amides is 1. The van der Waals surface area contributed by atoms with Crippen LogP contribution in [0.1, 0.15) is 19.8 Å². The number of nitrogens with one attached hydrogen (secondary N) is 2. The van der Waals surface area contributed by atoms with Crippen LogP contribution in [0.3, 0.4) is 0 Å². The van der Waals surface area contributed by atoms with Crippen molar-refractivity contribution in [1.29, 1.82) is 0 Å². The number of rotatable bonds is 3. The molecule has 1 fully saturated rings. The Kier molecular flexibility index (Phi) is 4.39. The third-order valence-corrected chi connectivity index (χ3v) is 4.44. The molecule has 2 rings (SSSR count). The molecule has 1 aromatic rings. The van der Waals surface area contributed by atoms with E-state index < -0.39 is 9.84 Å². The Labute approximate surface area is 118 Å². The van der Waals surface area contributed by atoms with E-state index in [-0.39, 0.29) is 22.9 Å². The first-order valence-corrected chi connectivity index (χ1v) is 8.47. The van der Waals surface area contributed by atoms with E-state index in [9.17, 15) is 13.2 Å². The second-order valence-corrected chi connectivity index (χ2v) is 7.16. The zero-order chi connectivity index (χ0) is 14.8. The highest BCUT2D eigenvalue weighted by Crippen LogP contribution is 2.17. The standard InChI is InChI=1S/C13H19N3O3S/c1-9-4-3-7-14-12(9)13(17)16-10-5-6-11(15-8-10)20(2,18)19/h5-6,8-9,12,14H,3-4,7H2,1-2H3,(H,16,17). The van der Waals surface area contributed by atoms with Gasteiger partial charge in [0.05, 0.1) is 17.9 Å². The SMILES string of the molecule is CC1CCCNC1C(=O)Nc1ccc(S(C)(=O)=O)nc1. The molecule has 0 bridgehead atoms. The lowest BCUT2D eigenvalue weighted by Gasteiger charge is -2.28. The van der Waals surface area contributed by atoms with Crippen molar-refractivity contribution in [3.05, 3.63) is 18.3 Å². The Morgan fingerprint density at radius 1 is 1.45 bits per heavy atom. The molecule has 0 radical (unpaired) electrons. The third-order valence-electron chi connectivity index (χ3n) is 3.44. The van der Waals surface area contributed by atoms with Crippen LogP contribution in [0.15, 0.2) is 23.4 Å². The number of carbonyl (C=O) groups is 1. The van der Waals surface area contributed by atoms with Gasteiger partial charge in [-0.2, -0.15) is 0 Å². The smallest absolute Gasteiger partial charge is 0.241 e. The molecule has 0 aromatic carbocycles. The van der Waals surface area contributed by atoms with E-state index in [0.29, 0.717) is 5.69 Å². The van der Waals surface area contributed by atoms with Crippen molar-refractivity contribution in [2.75, 3.05) is 18.1 Å². The first-order chi connectivity index (χ1) is 9.38. The van der Waals surface area contributed by atoms with Crippen LogP contribution < -0.4 is 10.6 Å². The molecular formula is C13H19N3O3S.